The van der Waals surface area contributed by atoms with Gasteiger partial charge in [-0.1, -0.05) is 25.7 Å². The lowest BCUT2D eigenvalue weighted by atomic mass is 9.98. The molecule has 2 aliphatic carbocycles. The number of hydrogen-bond acceptors (Lipinski definition) is 3. The Morgan fingerprint density at radius 3 is 2.50 bits per heavy atom. The minimum atomic E-state index is 0.227. The first-order valence-electron chi connectivity index (χ1n) is 8.49. The Bertz CT molecular complexity index is 339. The highest BCUT2D eigenvalue weighted by Gasteiger charge is 2.41. The van der Waals surface area contributed by atoms with E-state index < -0.39 is 0 Å². The molecule has 4 heteroatoms. The highest BCUT2D eigenvalue weighted by molar-refractivity contribution is 5.78. The van der Waals surface area contributed by atoms with E-state index in [-0.39, 0.29) is 5.91 Å². The Balaban J connectivity index is 1.43. The fraction of sp³-hybridized carbons (Fsp3) is 0.938. The zero-order valence-electron chi connectivity index (χ0n) is 12.5. The molecule has 4 nitrogen and oxygen atoms in total. The van der Waals surface area contributed by atoms with Crippen LogP contribution in [0, 0.1) is 11.8 Å². The summed E-state index contributed by atoms with van der Waals surface area (Å²) in [4.78, 5) is 14.5. The van der Waals surface area contributed by atoms with Crippen molar-refractivity contribution in [2.45, 2.75) is 63.5 Å². The minimum Gasteiger partial charge on any atom is -0.352 e. The Morgan fingerprint density at radius 2 is 1.80 bits per heavy atom. The van der Waals surface area contributed by atoms with Crippen LogP contribution in [0.3, 0.4) is 0 Å². The molecule has 3 atom stereocenters. The number of carbonyl (C=O) groups is 1. The second-order valence-corrected chi connectivity index (χ2v) is 7.12. The van der Waals surface area contributed by atoms with Gasteiger partial charge in [0, 0.05) is 25.2 Å². The van der Waals surface area contributed by atoms with Crippen molar-refractivity contribution in [3.63, 3.8) is 0 Å². The summed E-state index contributed by atoms with van der Waals surface area (Å²) < 4.78 is 0. The average molecular weight is 279 g/mol. The maximum atomic E-state index is 12.2. The number of fused-ring (bicyclic) bond motifs is 1. The number of nitrogens with zero attached hydrogens (tertiary/aromatic N) is 1. The lowest BCUT2D eigenvalue weighted by Crippen LogP contribution is -2.42. The molecule has 3 rings (SSSR count). The summed E-state index contributed by atoms with van der Waals surface area (Å²) >= 11 is 0. The first-order chi connectivity index (χ1) is 9.72. The number of nitrogens with two attached hydrogens (primary N) is 1. The Hall–Kier alpha value is -0.610. The molecule has 2 saturated carbocycles. The molecule has 3 fully saturated rings. The summed E-state index contributed by atoms with van der Waals surface area (Å²) in [6, 6.07) is 0.796. The van der Waals surface area contributed by atoms with Crippen molar-refractivity contribution in [1.82, 2.24) is 10.2 Å². The Morgan fingerprint density at radius 1 is 1.05 bits per heavy atom. The first kappa shape index (κ1) is 14.3. The molecule has 1 heterocycles. The molecule has 1 saturated heterocycles. The van der Waals surface area contributed by atoms with Gasteiger partial charge >= 0.3 is 0 Å². The maximum Gasteiger partial charge on any atom is 0.234 e. The van der Waals surface area contributed by atoms with Crippen LogP contribution in [-0.4, -0.2) is 42.5 Å². The highest BCUT2D eigenvalue weighted by Crippen LogP contribution is 2.36. The first-order valence-corrected chi connectivity index (χ1v) is 8.49. The van der Waals surface area contributed by atoms with Crippen LogP contribution in [0.15, 0.2) is 0 Å². The van der Waals surface area contributed by atoms with Gasteiger partial charge in [0.2, 0.25) is 5.91 Å². The van der Waals surface area contributed by atoms with Crippen LogP contribution in [0.25, 0.3) is 0 Å². The van der Waals surface area contributed by atoms with E-state index in [0.29, 0.717) is 24.5 Å². The Labute approximate surface area is 122 Å². The van der Waals surface area contributed by atoms with Gasteiger partial charge in [0.25, 0.3) is 0 Å². The summed E-state index contributed by atoms with van der Waals surface area (Å²) in [5.74, 6) is 1.61. The van der Waals surface area contributed by atoms with E-state index in [2.05, 4.69) is 10.2 Å². The summed E-state index contributed by atoms with van der Waals surface area (Å²) in [7, 11) is 0. The predicted octanol–water partition coefficient (Wildman–Crippen LogP) is 1.49. The van der Waals surface area contributed by atoms with Crippen molar-refractivity contribution in [2.24, 2.45) is 17.6 Å². The molecule has 0 radical (unpaired) electrons. The van der Waals surface area contributed by atoms with Gasteiger partial charge in [-0.2, -0.15) is 0 Å². The van der Waals surface area contributed by atoms with Crippen LogP contribution in [0.5, 0.6) is 0 Å². The van der Waals surface area contributed by atoms with E-state index in [4.69, 9.17) is 5.73 Å². The van der Waals surface area contributed by atoms with E-state index in [9.17, 15) is 4.79 Å². The number of carbonyl (C=O) groups excluding carboxylic acids is 1. The molecule has 20 heavy (non-hydrogen) atoms. The van der Waals surface area contributed by atoms with Crippen molar-refractivity contribution in [3.8, 4) is 0 Å². The fourth-order valence-electron chi connectivity index (χ4n) is 4.43. The van der Waals surface area contributed by atoms with E-state index in [1.807, 2.05) is 0 Å². The fourth-order valence-corrected chi connectivity index (χ4v) is 4.43. The van der Waals surface area contributed by atoms with Crippen molar-refractivity contribution in [3.05, 3.63) is 0 Å². The zero-order chi connectivity index (χ0) is 13.9. The van der Waals surface area contributed by atoms with Crippen molar-refractivity contribution in [2.75, 3.05) is 19.6 Å². The van der Waals surface area contributed by atoms with Gasteiger partial charge in [-0.25, -0.2) is 0 Å². The maximum absolute atomic E-state index is 12.2. The predicted molar refractivity (Wildman–Crippen MR) is 80.3 cm³/mol. The standard InChI is InChI=1S/C16H29N3O/c17-15-8-7-12-9-19(10-14(12)15)11-16(20)18-13-5-3-1-2-4-6-13/h12-15H,1-11,17H2,(H,18,20). The SMILES string of the molecule is NC1CCC2CN(CC(=O)NC3CCCCCC3)CC12. The third kappa shape index (κ3) is 3.34. The topological polar surface area (TPSA) is 58.4 Å². The number of nitrogens with one attached hydrogen (secondary N) is 1. The molecule has 114 valence electrons. The van der Waals surface area contributed by atoms with Crippen LogP contribution >= 0.6 is 0 Å². The quantitative estimate of drug-likeness (QED) is 0.770. The van der Waals surface area contributed by atoms with Gasteiger partial charge in [-0.05, 0) is 37.5 Å². The number of hydrogen-bond donors (Lipinski definition) is 2. The average Bonchev–Trinajstić information content (AvgIpc) is 2.83. The van der Waals surface area contributed by atoms with Crippen LogP contribution in [0.1, 0.15) is 51.4 Å². The molecule has 0 spiro atoms. The largest absolute Gasteiger partial charge is 0.352 e. The van der Waals surface area contributed by atoms with Crippen LogP contribution < -0.4 is 11.1 Å². The second-order valence-electron chi connectivity index (χ2n) is 7.12. The van der Waals surface area contributed by atoms with E-state index in [0.717, 1.165) is 19.0 Å². The molecule has 1 aliphatic heterocycles. The van der Waals surface area contributed by atoms with Crippen LogP contribution in [-0.2, 0) is 4.79 Å². The van der Waals surface area contributed by atoms with Crippen molar-refractivity contribution < 1.29 is 4.79 Å². The number of amides is 1. The molecule has 1 amide bonds. The van der Waals surface area contributed by atoms with Crippen molar-refractivity contribution in [1.29, 1.82) is 0 Å². The van der Waals surface area contributed by atoms with Gasteiger partial charge in [0.15, 0.2) is 0 Å². The summed E-state index contributed by atoms with van der Waals surface area (Å²) in [6.45, 7) is 2.69. The summed E-state index contributed by atoms with van der Waals surface area (Å²) in [5.41, 5.74) is 6.15. The molecule has 3 N–H and O–H groups in total. The number of rotatable bonds is 3. The molecule has 0 aromatic rings. The molecule has 3 aliphatic rings. The number of likely N-dealkylation sites (tertiary alicyclic amines) is 1. The normalized spacial score (nSPS) is 35.8. The molecular formula is C16H29N3O. The van der Waals surface area contributed by atoms with Gasteiger partial charge in [0.1, 0.15) is 0 Å². The lowest BCUT2D eigenvalue weighted by Gasteiger charge is -2.21. The van der Waals surface area contributed by atoms with Gasteiger partial charge in [-0.15, -0.1) is 0 Å². The van der Waals surface area contributed by atoms with Gasteiger partial charge in [0.05, 0.1) is 6.54 Å². The monoisotopic (exact) mass is 279 g/mol. The van der Waals surface area contributed by atoms with Gasteiger partial charge in [-0.3, -0.25) is 9.69 Å². The van der Waals surface area contributed by atoms with Gasteiger partial charge < -0.3 is 11.1 Å². The summed E-state index contributed by atoms with van der Waals surface area (Å²) in [6.07, 6.45) is 9.98. The lowest BCUT2D eigenvalue weighted by molar-refractivity contribution is -0.122. The van der Waals surface area contributed by atoms with Crippen LogP contribution in [0.4, 0.5) is 0 Å². The van der Waals surface area contributed by atoms with Crippen LogP contribution in [0.2, 0.25) is 0 Å². The van der Waals surface area contributed by atoms with E-state index in [1.54, 1.807) is 0 Å². The zero-order valence-corrected chi connectivity index (χ0v) is 12.5. The smallest absolute Gasteiger partial charge is 0.234 e. The van der Waals surface area contributed by atoms with Crippen molar-refractivity contribution >= 4 is 5.91 Å². The van der Waals surface area contributed by atoms with E-state index >= 15 is 0 Å². The highest BCUT2D eigenvalue weighted by atomic mass is 16.2. The molecule has 0 aromatic carbocycles. The minimum absolute atomic E-state index is 0.227. The summed E-state index contributed by atoms with van der Waals surface area (Å²) in [5, 5.41) is 3.25. The molecule has 0 aromatic heterocycles. The van der Waals surface area contributed by atoms with E-state index in [1.165, 1.54) is 51.4 Å². The molecule has 0 bridgehead atoms. The Kier molecular flexibility index (Phi) is 4.61. The molecule has 3 unspecified atom stereocenters. The second kappa shape index (κ2) is 6.44. The third-order valence-electron chi connectivity index (χ3n) is 5.58. The third-order valence-corrected chi connectivity index (χ3v) is 5.58. The molecular weight excluding hydrogens is 250 g/mol.